The second-order valence-corrected chi connectivity index (χ2v) is 9.64. The zero-order valence-corrected chi connectivity index (χ0v) is 17.6. The van der Waals surface area contributed by atoms with E-state index in [0.717, 1.165) is 18.2 Å². The Balaban J connectivity index is 1.41. The van der Waals surface area contributed by atoms with Crippen molar-refractivity contribution in [2.45, 2.75) is 16.2 Å². The highest BCUT2D eigenvalue weighted by Gasteiger charge is 2.31. The maximum absolute atomic E-state index is 13.9. The molecule has 9 heteroatoms. The predicted molar refractivity (Wildman–Crippen MR) is 112 cm³/mol. The van der Waals surface area contributed by atoms with Crippen LogP contribution in [-0.4, -0.2) is 62.1 Å². The van der Waals surface area contributed by atoms with Crippen LogP contribution in [0.2, 0.25) is 0 Å². The molecule has 2 amide bonds. The molecule has 1 saturated heterocycles. The summed E-state index contributed by atoms with van der Waals surface area (Å²) in [6, 6.07) is 15.2. The maximum atomic E-state index is 13.9. The molecule has 1 aliphatic heterocycles. The standard InChI is InChI=1S/C20H24FN3O3S2/c21-18-9-4-5-10-19(18)29(26,27)24-14-12-23(13-15-24)20(25)22-11-6-16-28-17-7-2-1-3-8-17/h1-5,7-10H,6,11-16H2,(H,22,25). The molecule has 0 aliphatic carbocycles. The number of carbonyl (C=O) groups excluding carboxylic acids is 1. The molecule has 0 unspecified atom stereocenters. The molecule has 0 saturated carbocycles. The second-order valence-electron chi connectivity index (χ2n) is 6.57. The van der Waals surface area contributed by atoms with Crippen molar-refractivity contribution < 1.29 is 17.6 Å². The van der Waals surface area contributed by atoms with Gasteiger partial charge in [0.2, 0.25) is 10.0 Å². The van der Waals surface area contributed by atoms with E-state index in [4.69, 9.17) is 0 Å². The molecule has 0 aromatic heterocycles. The molecule has 2 aromatic carbocycles. The van der Waals surface area contributed by atoms with Gasteiger partial charge >= 0.3 is 6.03 Å². The van der Waals surface area contributed by atoms with E-state index < -0.39 is 15.8 Å². The molecule has 0 bridgehead atoms. The summed E-state index contributed by atoms with van der Waals surface area (Å²) in [6.07, 6.45) is 0.840. The quantitative estimate of drug-likeness (QED) is 0.534. The Labute approximate surface area is 175 Å². The first kappa shape index (κ1) is 21.6. The Morgan fingerprint density at radius 1 is 1.00 bits per heavy atom. The number of nitrogens with zero attached hydrogens (tertiary/aromatic N) is 2. The highest BCUT2D eigenvalue weighted by Crippen LogP contribution is 2.20. The van der Waals surface area contributed by atoms with E-state index in [1.807, 2.05) is 18.2 Å². The Bertz CT molecular complexity index is 918. The van der Waals surface area contributed by atoms with Crippen molar-refractivity contribution in [1.82, 2.24) is 14.5 Å². The van der Waals surface area contributed by atoms with Gasteiger partial charge in [-0.3, -0.25) is 0 Å². The Morgan fingerprint density at radius 2 is 1.66 bits per heavy atom. The number of benzene rings is 2. The van der Waals surface area contributed by atoms with E-state index in [9.17, 15) is 17.6 Å². The van der Waals surface area contributed by atoms with Crippen molar-refractivity contribution in [2.75, 3.05) is 38.5 Å². The number of rotatable bonds is 7. The normalized spacial score (nSPS) is 15.3. The summed E-state index contributed by atoms with van der Waals surface area (Å²) < 4.78 is 40.3. The van der Waals surface area contributed by atoms with Crippen LogP contribution in [0.15, 0.2) is 64.4 Å². The van der Waals surface area contributed by atoms with Gasteiger partial charge in [0.25, 0.3) is 0 Å². The molecule has 156 valence electrons. The number of urea groups is 1. The van der Waals surface area contributed by atoms with Crippen LogP contribution in [0.5, 0.6) is 0 Å². The van der Waals surface area contributed by atoms with Crippen molar-refractivity contribution in [3.63, 3.8) is 0 Å². The minimum Gasteiger partial charge on any atom is -0.338 e. The molecule has 0 radical (unpaired) electrons. The predicted octanol–water partition coefficient (Wildman–Crippen LogP) is 3.02. The van der Waals surface area contributed by atoms with Crippen LogP contribution in [0.4, 0.5) is 9.18 Å². The number of nitrogens with one attached hydrogen (secondary N) is 1. The summed E-state index contributed by atoms with van der Waals surface area (Å²) in [5.74, 6) is 0.139. The summed E-state index contributed by atoms with van der Waals surface area (Å²) in [7, 11) is -3.90. The van der Waals surface area contributed by atoms with E-state index in [2.05, 4.69) is 17.4 Å². The van der Waals surface area contributed by atoms with Crippen LogP contribution in [0, 0.1) is 5.82 Å². The summed E-state index contributed by atoms with van der Waals surface area (Å²) in [6.45, 7) is 1.41. The molecule has 0 spiro atoms. The minimum absolute atomic E-state index is 0.147. The molecule has 29 heavy (non-hydrogen) atoms. The average Bonchev–Trinajstić information content (AvgIpc) is 2.74. The van der Waals surface area contributed by atoms with Gasteiger partial charge in [0.1, 0.15) is 10.7 Å². The van der Waals surface area contributed by atoms with E-state index >= 15 is 0 Å². The molecule has 3 rings (SSSR count). The first-order valence-electron chi connectivity index (χ1n) is 9.44. The lowest BCUT2D eigenvalue weighted by Crippen LogP contribution is -2.53. The number of thioether (sulfide) groups is 1. The van der Waals surface area contributed by atoms with Gasteiger partial charge in [0, 0.05) is 37.6 Å². The molecule has 1 heterocycles. The molecule has 2 aromatic rings. The lowest BCUT2D eigenvalue weighted by atomic mass is 10.3. The lowest BCUT2D eigenvalue weighted by Gasteiger charge is -2.34. The zero-order valence-electron chi connectivity index (χ0n) is 16.0. The van der Waals surface area contributed by atoms with Crippen LogP contribution in [0.25, 0.3) is 0 Å². The van der Waals surface area contributed by atoms with Gasteiger partial charge in [-0.2, -0.15) is 4.31 Å². The number of piperazine rings is 1. The van der Waals surface area contributed by atoms with E-state index in [0.29, 0.717) is 6.54 Å². The maximum Gasteiger partial charge on any atom is 0.317 e. The molecule has 1 aliphatic rings. The molecular weight excluding hydrogens is 413 g/mol. The zero-order chi connectivity index (χ0) is 20.7. The summed E-state index contributed by atoms with van der Waals surface area (Å²) in [5, 5.41) is 2.88. The lowest BCUT2D eigenvalue weighted by molar-refractivity contribution is 0.172. The van der Waals surface area contributed by atoms with Crippen LogP contribution < -0.4 is 5.32 Å². The highest BCUT2D eigenvalue weighted by molar-refractivity contribution is 7.99. The second kappa shape index (κ2) is 10.1. The van der Waals surface area contributed by atoms with Crippen molar-refractivity contribution in [3.8, 4) is 0 Å². The largest absolute Gasteiger partial charge is 0.338 e. The number of amides is 2. The number of hydrogen-bond donors (Lipinski definition) is 1. The Morgan fingerprint density at radius 3 is 2.34 bits per heavy atom. The third-order valence-electron chi connectivity index (χ3n) is 4.59. The Kier molecular flexibility index (Phi) is 7.51. The number of halogens is 1. The molecular formula is C20H24FN3O3S2. The van der Waals surface area contributed by atoms with Crippen molar-refractivity contribution in [2.24, 2.45) is 0 Å². The number of hydrogen-bond acceptors (Lipinski definition) is 4. The van der Waals surface area contributed by atoms with Gasteiger partial charge in [0.05, 0.1) is 0 Å². The van der Waals surface area contributed by atoms with Crippen molar-refractivity contribution in [3.05, 3.63) is 60.4 Å². The summed E-state index contributed by atoms with van der Waals surface area (Å²) in [5.41, 5.74) is 0. The van der Waals surface area contributed by atoms with Crippen molar-refractivity contribution in [1.29, 1.82) is 0 Å². The van der Waals surface area contributed by atoms with Gasteiger partial charge in [-0.25, -0.2) is 17.6 Å². The van der Waals surface area contributed by atoms with Crippen LogP contribution in [-0.2, 0) is 10.0 Å². The van der Waals surface area contributed by atoms with E-state index in [-0.39, 0.29) is 37.1 Å². The topological polar surface area (TPSA) is 69.7 Å². The van der Waals surface area contributed by atoms with Gasteiger partial charge in [-0.05, 0) is 36.4 Å². The first-order chi connectivity index (χ1) is 14.0. The fourth-order valence-corrected chi connectivity index (χ4v) is 5.37. The van der Waals surface area contributed by atoms with E-state index in [1.54, 1.807) is 16.7 Å². The third-order valence-corrected chi connectivity index (χ3v) is 7.62. The summed E-state index contributed by atoms with van der Waals surface area (Å²) in [4.78, 5) is 14.8. The summed E-state index contributed by atoms with van der Waals surface area (Å²) >= 11 is 1.74. The molecule has 1 N–H and O–H groups in total. The van der Waals surface area contributed by atoms with Gasteiger partial charge in [-0.15, -0.1) is 11.8 Å². The molecule has 1 fully saturated rings. The SMILES string of the molecule is O=C(NCCCSc1ccccc1)N1CCN(S(=O)(=O)c2ccccc2F)CC1. The third kappa shape index (κ3) is 5.71. The van der Waals surface area contributed by atoms with Crippen LogP contribution in [0.3, 0.4) is 0 Å². The molecule has 0 atom stereocenters. The van der Waals surface area contributed by atoms with Crippen LogP contribution >= 0.6 is 11.8 Å². The van der Waals surface area contributed by atoms with E-state index in [1.165, 1.54) is 27.4 Å². The van der Waals surface area contributed by atoms with Crippen molar-refractivity contribution >= 4 is 27.8 Å². The molecule has 6 nitrogen and oxygen atoms in total. The average molecular weight is 438 g/mol. The monoisotopic (exact) mass is 437 g/mol. The Hall–Kier alpha value is -2.10. The van der Waals surface area contributed by atoms with Gasteiger partial charge < -0.3 is 10.2 Å². The van der Waals surface area contributed by atoms with Gasteiger partial charge in [0.15, 0.2) is 0 Å². The number of carbonyl (C=O) groups is 1. The number of sulfonamides is 1. The first-order valence-corrected chi connectivity index (χ1v) is 11.9. The minimum atomic E-state index is -3.90. The fourth-order valence-electron chi connectivity index (χ4n) is 3.01. The van der Waals surface area contributed by atoms with Gasteiger partial charge in [-0.1, -0.05) is 30.3 Å². The highest BCUT2D eigenvalue weighted by atomic mass is 32.2. The smallest absolute Gasteiger partial charge is 0.317 e. The van der Waals surface area contributed by atoms with Crippen LogP contribution in [0.1, 0.15) is 6.42 Å². The fraction of sp³-hybridized carbons (Fsp3) is 0.350.